The first-order valence-electron chi connectivity index (χ1n) is 3.66. The van der Waals surface area contributed by atoms with E-state index >= 15 is 0 Å². The van der Waals surface area contributed by atoms with E-state index in [1.807, 2.05) is 13.8 Å². The summed E-state index contributed by atoms with van der Waals surface area (Å²) in [6.07, 6.45) is 0.116. The van der Waals surface area contributed by atoms with Crippen LogP contribution in [0.1, 0.15) is 13.8 Å². The van der Waals surface area contributed by atoms with Crippen LogP contribution >= 0.6 is 0 Å². The van der Waals surface area contributed by atoms with E-state index in [0.717, 1.165) is 0 Å². The van der Waals surface area contributed by atoms with Gasteiger partial charge in [-0.15, -0.1) is 0 Å². The Labute approximate surface area is 67.1 Å². The van der Waals surface area contributed by atoms with Crippen LogP contribution in [0, 0.1) is 0 Å². The monoisotopic (exact) mass is 160 g/mol. The lowest BCUT2D eigenvalue weighted by atomic mass is 10.3. The third-order valence-electron chi connectivity index (χ3n) is 1.19. The highest BCUT2D eigenvalue weighted by Crippen LogP contribution is 1.89. The van der Waals surface area contributed by atoms with E-state index in [0.29, 0.717) is 0 Å². The van der Waals surface area contributed by atoms with Crippen LogP contribution in [-0.2, 0) is 9.53 Å². The van der Waals surface area contributed by atoms with Crippen LogP contribution in [0.15, 0.2) is 0 Å². The molecule has 1 amide bonds. The molecule has 0 aliphatic heterocycles. The van der Waals surface area contributed by atoms with Gasteiger partial charge in [-0.2, -0.15) is 0 Å². The van der Waals surface area contributed by atoms with Crippen LogP contribution in [0.4, 0.5) is 0 Å². The molecule has 4 nitrogen and oxygen atoms in total. The maximum absolute atomic E-state index is 10.8. The first kappa shape index (κ1) is 10.4. The van der Waals surface area contributed by atoms with Gasteiger partial charge in [0.15, 0.2) is 0 Å². The third kappa shape index (κ3) is 4.75. The van der Waals surface area contributed by atoms with E-state index < -0.39 is 6.04 Å². The molecule has 0 aliphatic rings. The zero-order valence-corrected chi connectivity index (χ0v) is 7.26. The summed E-state index contributed by atoms with van der Waals surface area (Å²) in [6, 6.07) is -0.553. The fourth-order valence-corrected chi connectivity index (χ4v) is 0.557. The summed E-state index contributed by atoms with van der Waals surface area (Å²) >= 11 is 0. The molecule has 1 atom stereocenters. The van der Waals surface area contributed by atoms with Gasteiger partial charge in [-0.3, -0.25) is 4.79 Å². The number of likely N-dealkylation sites (N-methyl/N-ethyl adjacent to an activating group) is 1. The van der Waals surface area contributed by atoms with Gasteiger partial charge in [0.25, 0.3) is 0 Å². The highest BCUT2D eigenvalue weighted by Gasteiger charge is 2.11. The highest BCUT2D eigenvalue weighted by molar-refractivity contribution is 5.81. The predicted octanol–water partition coefficient (Wildman–Crippen LogP) is -0.515. The quantitative estimate of drug-likeness (QED) is 0.582. The molecule has 0 aliphatic carbocycles. The number of amides is 1. The van der Waals surface area contributed by atoms with Crippen molar-refractivity contribution in [3.63, 3.8) is 0 Å². The molecule has 0 aromatic rings. The molecular formula is C7H16N2O2. The minimum atomic E-state index is -0.553. The van der Waals surface area contributed by atoms with Crippen LogP contribution in [0.3, 0.4) is 0 Å². The fraction of sp³-hybridized carbons (Fsp3) is 0.857. The summed E-state index contributed by atoms with van der Waals surface area (Å²) < 4.78 is 5.14. The molecule has 0 aromatic carbocycles. The van der Waals surface area contributed by atoms with E-state index in [1.165, 1.54) is 0 Å². The van der Waals surface area contributed by atoms with Crippen molar-refractivity contribution in [2.75, 3.05) is 13.7 Å². The minimum Gasteiger partial charge on any atom is -0.377 e. The zero-order chi connectivity index (χ0) is 8.85. The molecule has 0 saturated carbocycles. The van der Waals surface area contributed by atoms with Crippen LogP contribution in [0.25, 0.3) is 0 Å². The summed E-state index contributed by atoms with van der Waals surface area (Å²) in [6.45, 7) is 4.07. The molecule has 66 valence electrons. The molecule has 0 spiro atoms. The van der Waals surface area contributed by atoms with Gasteiger partial charge in [0.05, 0.1) is 12.7 Å². The second kappa shape index (κ2) is 5.09. The SMILES string of the molecule is CNC(=O)[C@@H](N)COC(C)C. The smallest absolute Gasteiger partial charge is 0.239 e. The van der Waals surface area contributed by atoms with Gasteiger partial charge in [0, 0.05) is 7.05 Å². The Morgan fingerprint density at radius 1 is 1.64 bits per heavy atom. The number of rotatable bonds is 4. The van der Waals surface area contributed by atoms with Crippen molar-refractivity contribution in [2.24, 2.45) is 5.73 Å². The van der Waals surface area contributed by atoms with Crippen molar-refractivity contribution >= 4 is 5.91 Å². The van der Waals surface area contributed by atoms with E-state index in [9.17, 15) is 4.79 Å². The molecule has 0 heterocycles. The van der Waals surface area contributed by atoms with Crippen LogP contribution in [0.5, 0.6) is 0 Å². The fourth-order valence-electron chi connectivity index (χ4n) is 0.557. The lowest BCUT2D eigenvalue weighted by Gasteiger charge is -2.12. The first-order valence-corrected chi connectivity index (χ1v) is 3.66. The van der Waals surface area contributed by atoms with E-state index in [2.05, 4.69) is 5.32 Å². The summed E-state index contributed by atoms with van der Waals surface area (Å²) in [5.74, 6) is -0.189. The number of carbonyl (C=O) groups excluding carboxylic acids is 1. The summed E-state index contributed by atoms with van der Waals surface area (Å²) in [5, 5.41) is 2.44. The Morgan fingerprint density at radius 2 is 2.18 bits per heavy atom. The average molecular weight is 160 g/mol. The van der Waals surface area contributed by atoms with Crippen LogP contribution in [-0.4, -0.2) is 31.7 Å². The van der Waals surface area contributed by atoms with Gasteiger partial charge < -0.3 is 15.8 Å². The number of ether oxygens (including phenoxy) is 1. The maximum Gasteiger partial charge on any atom is 0.239 e. The third-order valence-corrected chi connectivity index (χ3v) is 1.19. The Balaban J connectivity index is 3.52. The van der Waals surface area contributed by atoms with Crippen molar-refractivity contribution in [3.05, 3.63) is 0 Å². The summed E-state index contributed by atoms with van der Waals surface area (Å²) in [4.78, 5) is 10.8. The normalized spacial score (nSPS) is 13.2. The molecule has 0 bridgehead atoms. The zero-order valence-electron chi connectivity index (χ0n) is 7.26. The van der Waals surface area contributed by atoms with Crippen molar-refractivity contribution < 1.29 is 9.53 Å². The van der Waals surface area contributed by atoms with E-state index in [4.69, 9.17) is 10.5 Å². The highest BCUT2D eigenvalue weighted by atomic mass is 16.5. The van der Waals surface area contributed by atoms with Crippen molar-refractivity contribution in [2.45, 2.75) is 26.0 Å². The molecular weight excluding hydrogens is 144 g/mol. The molecule has 4 heteroatoms. The number of hydrogen-bond acceptors (Lipinski definition) is 3. The Kier molecular flexibility index (Phi) is 4.81. The van der Waals surface area contributed by atoms with Gasteiger partial charge in [-0.1, -0.05) is 0 Å². The van der Waals surface area contributed by atoms with Gasteiger partial charge >= 0.3 is 0 Å². The second-order valence-corrected chi connectivity index (χ2v) is 2.60. The predicted molar refractivity (Wildman–Crippen MR) is 43.1 cm³/mol. The van der Waals surface area contributed by atoms with E-state index in [-0.39, 0.29) is 18.6 Å². The molecule has 11 heavy (non-hydrogen) atoms. The Morgan fingerprint density at radius 3 is 2.55 bits per heavy atom. The molecule has 0 aromatic heterocycles. The lowest BCUT2D eigenvalue weighted by molar-refractivity contribution is -0.123. The molecule has 0 fully saturated rings. The summed E-state index contributed by atoms with van der Waals surface area (Å²) in [5.41, 5.74) is 5.44. The van der Waals surface area contributed by atoms with Gasteiger partial charge in [0.2, 0.25) is 5.91 Å². The second-order valence-electron chi connectivity index (χ2n) is 2.60. The van der Waals surface area contributed by atoms with E-state index in [1.54, 1.807) is 7.05 Å². The van der Waals surface area contributed by atoms with Crippen LogP contribution in [0.2, 0.25) is 0 Å². The Hall–Kier alpha value is -0.610. The van der Waals surface area contributed by atoms with Crippen molar-refractivity contribution in [1.82, 2.24) is 5.32 Å². The molecule has 3 N–H and O–H groups in total. The molecule has 0 radical (unpaired) electrons. The first-order chi connectivity index (χ1) is 5.07. The van der Waals surface area contributed by atoms with Crippen LogP contribution < -0.4 is 11.1 Å². The Bertz CT molecular complexity index is 126. The number of nitrogens with two attached hydrogens (primary N) is 1. The van der Waals surface area contributed by atoms with Gasteiger partial charge in [-0.25, -0.2) is 0 Å². The summed E-state index contributed by atoms with van der Waals surface area (Å²) in [7, 11) is 1.55. The molecule has 0 unspecified atom stereocenters. The molecule has 0 rings (SSSR count). The minimum absolute atomic E-state index is 0.116. The van der Waals surface area contributed by atoms with Gasteiger partial charge in [-0.05, 0) is 13.8 Å². The lowest BCUT2D eigenvalue weighted by Crippen LogP contribution is -2.42. The number of carbonyl (C=O) groups is 1. The van der Waals surface area contributed by atoms with Gasteiger partial charge in [0.1, 0.15) is 6.04 Å². The number of nitrogens with one attached hydrogen (secondary N) is 1. The molecule has 0 saturated heterocycles. The largest absolute Gasteiger partial charge is 0.377 e. The number of hydrogen-bond donors (Lipinski definition) is 2. The van der Waals surface area contributed by atoms with Crippen molar-refractivity contribution in [1.29, 1.82) is 0 Å². The van der Waals surface area contributed by atoms with Crippen molar-refractivity contribution in [3.8, 4) is 0 Å². The standard InChI is InChI=1S/C7H16N2O2/c1-5(2)11-4-6(8)7(10)9-3/h5-6H,4,8H2,1-3H3,(H,9,10)/t6-/m0/s1. The maximum atomic E-state index is 10.8. The average Bonchev–Trinajstić information content (AvgIpc) is 1.98. The topological polar surface area (TPSA) is 64.4 Å².